The number of esters is 1. The maximum Gasteiger partial charge on any atom is 0.320 e. The van der Waals surface area contributed by atoms with E-state index in [1.807, 2.05) is 0 Å². The van der Waals surface area contributed by atoms with Gasteiger partial charge < -0.3 is 14.2 Å². The maximum atomic E-state index is 13.2. The van der Waals surface area contributed by atoms with Gasteiger partial charge in [0.1, 0.15) is 11.5 Å². The molecular formula is C20H24O5. The fourth-order valence-electron chi connectivity index (χ4n) is 7.66. The molecule has 0 aromatic heterocycles. The van der Waals surface area contributed by atoms with E-state index in [4.69, 9.17) is 14.2 Å². The topological polar surface area (TPSA) is 61.8 Å². The van der Waals surface area contributed by atoms with Crippen LogP contribution in [-0.4, -0.2) is 37.4 Å². The van der Waals surface area contributed by atoms with E-state index < -0.39 is 5.41 Å². The third-order valence-corrected chi connectivity index (χ3v) is 8.67. The van der Waals surface area contributed by atoms with Crippen LogP contribution in [0, 0.1) is 34.0 Å². The van der Waals surface area contributed by atoms with E-state index in [2.05, 4.69) is 13.5 Å². The first kappa shape index (κ1) is 14.9. The van der Waals surface area contributed by atoms with Gasteiger partial charge in [-0.3, -0.25) is 9.59 Å². The van der Waals surface area contributed by atoms with Crippen molar-refractivity contribution in [1.29, 1.82) is 0 Å². The lowest BCUT2D eigenvalue weighted by Gasteiger charge is -2.60. The Morgan fingerprint density at radius 1 is 1.12 bits per heavy atom. The number of ether oxygens (including phenoxy) is 3. The third-order valence-electron chi connectivity index (χ3n) is 8.67. The van der Waals surface area contributed by atoms with Gasteiger partial charge in [-0.05, 0) is 54.9 Å². The van der Waals surface area contributed by atoms with Gasteiger partial charge in [0.15, 0.2) is 12.1 Å². The van der Waals surface area contributed by atoms with Crippen LogP contribution in [0.3, 0.4) is 0 Å². The summed E-state index contributed by atoms with van der Waals surface area (Å²) in [4.78, 5) is 26.3. The van der Waals surface area contributed by atoms with Crippen LogP contribution >= 0.6 is 0 Å². The Morgan fingerprint density at radius 3 is 2.76 bits per heavy atom. The minimum absolute atomic E-state index is 0.00516. The molecule has 3 heterocycles. The van der Waals surface area contributed by atoms with Crippen LogP contribution in [0.15, 0.2) is 12.2 Å². The molecule has 8 atom stereocenters. The van der Waals surface area contributed by atoms with Crippen molar-refractivity contribution < 1.29 is 23.8 Å². The van der Waals surface area contributed by atoms with Crippen molar-refractivity contribution in [3.05, 3.63) is 12.2 Å². The van der Waals surface area contributed by atoms with E-state index in [0.29, 0.717) is 25.2 Å². The van der Waals surface area contributed by atoms with Gasteiger partial charge in [-0.15, -0.1) is 0 Å². The molecule has 0 radical (unpaired) electrons. The summed E-state index contributed by atoms with van der Waals surface area (Å²) in [5, 5.41) is 0. The second-order valence-corrected chi connectivity index (χ2v) is 9.52. The Morgan fingerprint density at radius 2 is 1.92 bits per heavy atom. The number of allylic oxidation sites excluding steroid dienone is 1. The minimum atomic E-state index is -1.00. The molecule has 0 amide bonds. The summed E-state index contributed by atoms with van der Waals surface area (Å²) in [6.07, 6.45) is 3.93. The number of Topliss-reactive ketones (excluding diaryl/α,β-unsaturated/α-hetero) is 1. The summed E-state index contributed by atoms with van der Waals surface area (Å²) < 4.78 is 18.2. The van der Waals surface area contributed by atoms with Crippen molar-refractivity contribution >= 4 is 11.8 Å². The van der Waals surface area contributed by atoms with Gasteiger partial charge in [0.2, 0.25) is 0 Å². The number of hydrogen-bond donors (Lipinski definition) is 0. The predicted octanol–water partition coefficient (Wildman–Crippen LogP) is 2.24. The highest BCUT2D eigenvalue weighted by atomic mass is 16.7. The van der Waals surface area contributed by atoms with Crippen molar-refractivity contribution in [2.75, 3.05) is 13.2 Å². The van der Waals surface area contributed by atoms with Crippen molar-refractivity contribution in [1.82, 2.24) is 0 Å². The molecule has 3 saturated carbocycles. The molecule has 3 aliphatic heterocycles. The Hall–Kier alpha value is -1.20. The van der Waals surface area contributed by atoms with Gasteiger partial charge in [0, 0.05) is 11.3 Å². The Labute approximate surface area is 147 Å². The summed E-state index contributed by atoms with van der Waals surface area (Å²) in [5.41, 5.74) is -0.577. The highest BCUT2D eigenvalue weighted by Crippen LogP contribution is 2.72. The Bertz CT molecular complexity index is 730. The van der Waals surface area contributed by atoms with Crippen LogP contribution in [0.5, 0.6) is 0 Å². The van der Waals surface area contributed by atoms with Crippen molar-refractivity contribution in [2.24, 2.45) is 34.0 Å². The second kappa shape index (κ2) is 4.20. The zero-order chi connectivity index (χ0) is 17.2. The normalized spacial score (nSPS) is 58.6. The van der Waals surface area contributed by atoms with Gasteiger partial charge in [-0.25, -0.2) is 0 Å². The number of carbonyl (C=O) groups is 2. The average molecular weight is 344 g/mol. The van der Waals surface area contributed by atoms with Gasteiger partial charge >= 0.3 is 5.97 Å². The van der Waals surface area contributed by atoms with Crippen LogP contribution in [0.4, 0.5) is 0 Å². The molecule has 6 aliphatic rings. The molecule has 0 N–H and O–H groups in total. The number of hydrogen-bond acceptors (Lipinski definition) is 5. The van der Waals surface area contributed by atoms with Crippen LogP contribution in [0.2, 0.25) is 0 Å². The smallest absolute Gasteiger partial charge is 0.320 e. The number of fused-ring (bicyclic) bond motifs is 1. The van der Waals surface area contributed by atoms with Gasteiger partial charge in [-0.2, -0.15) is 0 Å². The summed E-state index contributed by atoms with van der Waals surface area (Å²) in [5.74, 6) is 0.0367. The predicted molar refractivity (Wildman–Crippen MR) is 86.2 cm³/mol. The molecule has 5 nitrogen and oxygen atoms in total. The first-order chi connectivity index (χ1) is 11.9. The molecular weight excluding hydrogens is 320 g/mol. The molecule has 8 unspecified atom stereocenters. The van der Waals surface area contributed by atoms with E-state index in [9.17, 15) is 9.59 Å². The largest absolute Gasteiger partial charge is 0.461 e. The molecule has 2 bridgehead atoms. The zero-order valence-corrected chi connectivity index (χ0v) is 14.6. The monoisotopic (exact) mass is 344 g/mol. The fraction of sp³-hybridized carbons (Fsp3) is 0.800. The van der Waals surface area contributed by atoms with Gasteiger partial charge in [0.05, 0.1) is 13.2 Å². The lowest BCUT2D eigenvalue weighted by Crippen LogP contribution is -2.67. The highest BCUT2D eigenvalue weighted by Gasteiger charge is 2.79. The van der Waals surface area contributed by atoms with E-state index in [1.165, 1.54) is 0 Å². The van der Waals surface area contributed by atoms with Crippen LogP contribution < -0.4 is 0 Å². The third kappa shape index (κ3) is 1.37. The summed E-state index contributed by atoms with van der Waals surface area (Å²) >= 11 is 0. The fourth-order valence-corrected chi connectivity index (χ4v) is 7.66. The second-order valence-electron chi connectivity index (χ2n) is 9.52. The molecule has 25 heavy (non-hydrogen) atoms. The van der Waals surface area contributed by atoms with E-state index in [1.54, 1.807) is 0 Å². The molecule has 0 aromatic rings. The molecule has 0 aromatic carbocycles. The Balaban J connectivity index is 1.57. The van der Waals surface area contributed by atoms with E-state index in [0.717, 1.165) is 25.7 Å². The zero-order valence-electron chi connectivity index (χ0n) is 14.6. The molecule has 3 aliphatic carbocycles. The summed E-state index contributed by atoms with van der Waals surface area (Å²) in [7, 11) is 0. The molecule has 2 spiro atoms. The SMILES string of the molecule is C=C1C(=O)C23CC1CCC2C12COC4OCC(C)(CCC1OC3=O)C42. The molecule has 134 valence electrons. The first-order valence-corrected chi connectivity index (χ1v) is 9.61. The summed E-state index contributed by atoms with van der Waals surface area (Å²) in [6.45, 7) is 7.56. The number of ketones is 1. The highest BCUT2D eigenvalue weighted by molar-refractivity contribution is 6.15. The van der Waals surface area contributed by atoms with Crippen LogP contribution in [0.1, 0.15) is 39.0 Å². The van der Waals surface area contributed by atoms with Crippen LogP contribution in [0.25, 0.3) is 0 Å². The standard InChI is InChI=1S/C20H24O5/c1-10-11-3-4-12-19(7-11,15(10)21)17(22)25-13-5-6-18(2)8-23-16-14(18)20(12,13)9-24-16/h11-14,16H,1,3-9H2,2H3. The number of carbonyl (C=O) groups excluding carboxylic acids is 2. The van der Waals surface area contributed by atoms with E-state index in [-0.39, 0.29) is 52.7 Å². The molecule has 6 rings (SSSR count). The lowest BCUT2D eigenvalue weighted by atomic mass is 9.44. The minimum Gasteiger partial charge on any atom is -0.461 e. The Kier molecular flexibility index (Phi) is 2.51. The average Bonchev–Trinajstić information content (AvgIpc) is 3.22. The van der Waals surface area contributed by atoms with Gasteiger partial charge in [-0.1, -0.05) is 13.5 Å². The van der Waals surface area contributed by atoms with Crippen molar-refractivity contribution in [3.63, 3.8) is 0 Å². The van der Waals surface area contributed by atoms with Gasteiger partial charge in [0.25, 0.3) is 0 Å². The van der Waals surface area contributed by atoms with E-state index >= 15 is 0 Å². The lowest BCUT2D eigenvalue weighted by molar-refractivity contribution is -0.230. The van der Waals surface area contributed by atoms with Crippen molar-refractivity contribution in [2.45, 2.75) is 51.4 Å². The van der Waals surface area contributed by atoms with Crippen LogP contribution in [-0.2, 0) is 23.8 Å². The summed E-state index contributed by atoms with van der Waals surface area (Å²) in [6, 6.07) is 0. The number of rotatable bonds is 0. The molecule has 3 saturated heterocycles. The maximum absolute atomic E-state index is 13.2. The molecule has 5 heteroatoms. The molecule has 6 fully saturated rings. The first-order valence-electron chi connectivity index (χ1n) is 9.61. The van der Waals surface area contributed by atoms with Crippen molar-refractivity contribution in [3.8, 4) is 0 Å². The quantitative estimate of drug-likeness (QED) is 0.383.